The minimum absolute atomic E-state index is 0.814. The van der Waals surface area contributed by atoms with E-state index in [2.05, 4.69) is 55.4 Å². The van der Waals surface area contributed by atoms with E-state index in [1.807, 2.05) is 0 Å². The average molecular weight is 278 g/mol. The third-order valence-electron chi connectivity index (χ3n) is 3.47. The van der Waals surface area contributed by atoms with E-state index in [1.54, 1.807) is 0 Å². The van der Waals surface area contributed by atoms with Crippen LogP contribution < -0.4 is 10.2 Å². The lowest BCUT2D eigenvalue weighted by atomic mass is 10.1. The zero-order valence-electron chi connectivity index (χ0n) is 13.3. The van der Waals surface area contributed by atoms with Crippen LogP contribution in [0.25, 0.3) is 0 Å². The van der Waals surface area contributed by atoms with Crippen molar-refractivity contribution in [2.24, 2.45) is 0 Å². The Morgan fingerprint density at radius 3 is 2.45 bits per heavy atom. The molecule has 1 aromatic carbocycles. The van der Waals surface area contributed by atoms with E-state index >= 15 is 0 Å². The molecule has 3 nitrogen and oxygen atoms in total. The van der Waals surface area contributed by atoms with E-state index in [0.717, 1.165) is 45.7 Å². The van der Waals surface area contributed by atoms with Crippen LogP contribution >= 0.6 is 0 Å². The van der Waals surface area contributed by atoms with Crippen molar-refractivity contribution < 1.29 is 4.74 Å². The van der Waals surface area contributed by atoms with Crippen LogP contribution in [0.4, 0.5) is 5.69 Å². The second-order valence-electron chi connectivity index (χ2n) is 5.16. The van der Waals surface area contributed by atoms with Gasteiger partial charge in [-0.1, -0.05) is 32.4 Å². The second-order valence-corrected chi connectivity index (χ2v) is 5.16. The number of rotatable bonds is 11. The van der Waals surface area contributed by atoms with Gasteiger partial charge in [0.2, 0.25) is 0 Å². The van der Waals surface area contributed by atoms with E-state index in [-0.39, 0.29) is 0 Å². The van der Waals surface area contributed by atoms with E-state index in [4.69, 9.17) is 4.74 Å². The number of aryl methyl sites for hydroxylation is 1. The van der Waals surface area contributed by atoms with Gasteiger partial charge in [0.05, 0.1) is 6.61 Å². The molecule has 20 heavy (non-hydrogen) atoms. The number of nitrogens with one attached hydrogen (secondary N) is 1. The van der Waals surface area contributed by atoms with Gasteiger partial charge in [-0.05, 0) is 30.5 Å². The van der Waals surface area contributed by atoms with Crippen molar-refractivity contribution in [3.63, 3.8) is 0 Å². The van der Waals surface area contributed by atoms with Crippen LogP contribution in [0.15, 0.2) is 24.3 Å². The van der Waals surface area contributed by atoms with Gasteiger partial charge >= 0.3 is 0 Å². The van der Waals surface area contributed by atoms with Crippen molar-refractivity contribution >= 4 is 5.69 Å². The number of benzene rings is 1. The van der Waals surface area contributed by atoms with Crippen molar-refractivity contribution in [1.29, 1.82) is 0 Å². The predicted molar refractivity (Wildman–Crippen MR) is 87.7 cm³/mol. The average Bonchev–Trinajstić information content (AvgIpc) is 2.50. The third kappa shape index (κ3) is 6.92. The van der Waals surface area contributed by atoms with Crippen LogP contribution in [0.5, 0.6) is 0 Å². The molecule has 3 heteroatoms. The van der Waals surface area contributed by atoms with Crippen molar-refractivity contribution in [2.75, 3.05) is 44.8 Å². The molecule has 0 amide bonds. The number of likely N-dealkylation sites (N-methyl/N-ethyl adjacent to an activating group) is 1. The topological polar surface area (TPSA) is 24.5 Å². The molecule has 0 atom stereocenters. The Kier molecular flexibility index (Phi) is 9.09. The van der Waals surface area contributed by atoms with Gasteiger partial charge in [0.15, 0.2) is 0 Å². The van der Waals surface area contributed by atoms with Crippen LogP contribution in [0, 0.1) is 0 Å². The smallest absolute Gasteiger partial charge is 0.0590 e. The molecule has 0 aromatic heterocycles. The van der Waals surface area contributed by atoms with E-state index in [9.17, 15) is 0 Å². The molecule has 1 N–H and O–H groups in total. The summed E-state index contributed by atoms with van der Waals surface area (Å²) in [6.45, 7) is 9.02. The minimum Gasteiger partial charge on any atom is -0.380 e. The molecule has 0 spiro atoms. The maximum atomic E-state index is 5.52. The lowest BCUT2D eigenvalue weighted by molar-refractivity contribution is 0.133. The van der Waals surface area contributed by atoms with Gasteiger partial charge in [-0.2, -0.15) is 0 Å². The normalized spacial score (nSPS) is 10.8. The molecule has 114 valence electrons. The van der Waals surface area contributed by atoms with Gasteiger partial charge in [-0.25, -0.2) is 0 Å². The number of ether oxygens (including phenoxy) is 1. The Hall–Kier alpha value is -1.06. The first kappa shape index (κ1) is 17.0. The maximum Gasteiger partial charge on any atom is 0.0590 e. The molecule has 0 saturated carbocycles. The van der Waals surface area contributed by atoms with Crippen molar-refractivity contribution in [2.45, 2.75) is 33.1 Å². The van der Waals surface area contributed by atoms with Crippen LogP contribution in [0.2, 0.25) is 0 Å². The molecule has 0 fully saturated rings. The van der Waals surface area contributed by atoms with Gasteiger partial charge in [-0.15, -0.1) is 0 Å². The lowest BCUT2D eigenvalue weighted by Crippen LogP contribution is -2.31. The molecule has 0 aliphatic carbocycles. The summed E-state index contributed by atoms with van der Waals surface area (Å²) in [6.07, 6.45) is 3.47. The van der Waals surface area contributed by atoms with E-state index in [0.29, 0.717) is 0 Å². The van der Waals surface area contributed by atoms with Gasteiger partial charge in [0, 0.05) is 39.0 Å². The fraction of sp³-hybridized carbons (Fsp3) is 0.647. The van der Waals surface area contributed by atoms with Crippen molar-refractivity contribution in [1.82, 2.24) is 5.32 Å². The van der Waals surface area contributed by atoms with Crippen LogP contribution in [-0.4, -0.2) is 39.9 Å². The third-order valence-corrected chi connectivity index (χ3v) is 3.47. The number of anilines is 1. The van der Waals surface area contributed by atoms with E-state index in [1.165, 1.54) is 17.7 Å². The van der Waals surface area contributed by atoms with Gasteiger partial charge in [0.25, 0.3) is 0 Å². The first-order valence-corrected chi connectivity index (χ1v) is 7.86. The largest absolute Gasteiger partial charge is 0.380 e. The van der Waals surface area contributed by atoms with Gasteiger partial charge < -0.3 is 15.0 Å². The Bertz CT molecular complexity index is 337. The minimum atomic E-state index is 0.814. The number of unbranched alkanes of at least 4 members (excludes halogenated alkanes) is 1. The fourth-order valence-corrected chi connectivity index (χ4v) is 1.98. The highest BCUT2D eigenvalue weighted by Gasteiger charge is 2.00. The highest BCUT2D eigenvalue weighted by atomic mass is 16.5. The SMILES string of the molecule is CCCCOCCNCCN(C)c1ccc(CC)cc1. The van der Waals surface area contributed by atoms with Gasteiger partial charge in [-0.3, -0.25) is 0 Å². The summed E-state index contributed by atoms with van der Waals surface area (Å²) in [5, 5.41) is 3.42. The van der Waals surface area contributed by atoms with Crippen molar-refractivity contribution in [3.8, 4) is 0 Å². The quantitative estimate of drug-likeness (QED) is 0.630. The molecular weight excluding hydrogens is 248 g/mol. The predicted octanol–water partition coefficient (Wildman–Crippen LogP) is 3.09. The highest BCUT2D eigenvalue weighted by molar-refractivity contribution is 5.46. The molecule has 0 bridgehead atoms. The summed E-state index contributed by atoms with van der Waals surface area (Å²) >= 11 is 0. The summed E-state index contributed by atoms with van der Waals surface area (Å²) in [5.41, 5.74) is 2.67. The standard InChI is InChI=1S/C17H30N2O/c1-4-6-14-20-15-12-18-11-13-19(3)17-9-7-16(5-2)8-10-17/h7-10,18H,4-6,11-15H2,1-3H3. The molecule has 0 heterocycles. The molecule has 0 aliphatic heterocycles. The molecule has 1 aromatic rings. The second kappa shape index (κ2) is 10.7. The zero-order chi connectivity index (χ0) is 14.6. The summed E-state index contributed by atoms with van der Waals surface area (Å²) in [6, 6.07) is 8.82. The molecule has 1 rings (SSSR count). The first-order valence-electron chi connectivity index (χ1n) is 7.86. The molecule has 0 unspecified atom stereocenters. The summed E-state index contributed by atoms with van der Waals surface area (Å²) in [7, 11) is 2.14. The zero-order valence-corrected chi connectivity index (χ0v) is 13.3. The summed E-state index contributed by atoms with van der Waals surface area (Å²) in [4.78, 5) is 2.28. The molecular formula is C17H30N2O. The Morgan fingerprint density at radius 2 is 1.80 bits per heavy atom. The van der Waals surface area contributed by atoms with Crippen LogP contribution in [0.3, 0.4) is 0 Å². The van der Waals surface area contributed by atoms with Gasteiger partial charge in [0.1, 0.15) is 0 Å². The number of nitrogens with zero attached hydrogens (tertiary/aromatic N) is 1. The molecule has 0 aliphatic rings. The summed E-state index contributed by atoms with van der Waals surface area (Å²) in [5.74, 6) is 0. The highest BCUT2D eigenvalue weighted by Crippen LogP contribution is 2.13. The lowest BCUT2D eigenvalue weighted by Gasteiger charge is -2.19. The van der Waals surface area contributed by atoms with Crippen LogP contribution in [0.1, 0.15) is 32.3 Å². The maximum absolute atomic E-state index is 5.52. The van der Waals surface area contributed by atoms with Crippen molar-refractivity contribution in [3.05, 3.63) is 29.8 Å². The van der Waals surface area contributed by atoms with E-state index < -0.39 is 0 Å². The Labute approximate surface area is 124 Å². The Morgan fingerprint density at radius 1 is 1.05 bits per heavy atom. The Balaban J connectivity index is 2.08. The van der Waals surface area contributed by atoms with Crippen LogP contribution in [-0.2, 0) is 11.2 Å². The number of hydrogen-bond donors (Lipinski definition) is 1. The molecule has 0 radical (unpaired) electrons. The fourth-order valence-electron chi connectivity index (χ4n) is 1.98. The summed E-state index contributed by atoms with van der Waals surface area (Å²) < 4.78 is 5.52. The number of hydrogen-bond acceptors (Lipinski definition) is 3. The monoisotopic (exact) mass is 278 g/mol. The first-order chi connectivity index (χ1) is 9.77. The molecule has 0 saturated heterocycles.